The normalized spacial score (nSPS) is 12.0. The van der Waals surface area contributed by atoms with E-state index in [2.05, 4.69) is 29.4 Å². The minimum absolute atomic E-state index is 0. The van der Waals surface area contributed by atoms with Crippen molar-refractivity contribution >= 4 is 29.7 Å². The summed E-state index contributed by atoms with van der Waals surface area (Å²) in [5.74, 6) is 0.310. The first-order chi connectivity index (χ1) is 9.60. The number of carbonyl (C=O) groups excluding carboxylic acids is 1. The Balaban J connectivity index is 0.00000220. The van der Waals surface area contributed by atoms with Crippen LogP contribution in [0.5, 0.6) is 0 Å². The fourth-order valence-corrected chi connectivity index (χ4v) is 2.73. The molecule has 0 saturated carbocycles. The maximum Gasteiger partial charge on any atom is 0.272 e. The molecule has 4 N–H and O–H groups in total. The summed E-state index contributed by atoms with van der Waals surface area (Å²) in [6.07, 6.45) is 0.866. The predicted octanol–water partition coefficient (Wildman–Crippen LogP) is 2.66. The van der Waals surface area contributed by atoms with E-state index in [4.69, 9.17) is 5.73 Å². The van der Waals surface area contributed by atoms with Gasteiger partial charge in [-0.25, -0.2) is 0 Å². The van der Waals surface area contributed by atoms with Crippen LogP contribution in [0.1, 0.15) is 30.8 Å². The summed E-state index contributed by atoms with van der Waals surface area (Å²) < 4.78 is 0. The van der Waals surface area contributed by atoms with Crippen LogP contribution in [-0.2, 0) is 0 Å². The van der Waals surface area contributed by atoms with Gasteiger partial charge in [-0.1, -0.05) is 19.9 Å². The summed E-state index contributed by atoms with van der Waals surface area (Å²) in [6.45, 7) is 4.66. The van der Waals surface area contributed by atoms with Crippen LogP contribution in [0, 0.1) is 5.92 Å². The number of amides is 1. The number of hydrogen-bond acceptors (Lipinski definition) is 4. The van der Waals surface area contributed by atoms with Crippen molar-refractivity contribution in [3.05, 3.63) is 29.3 Å². The van der Waals surface area contributed by atoms with Crippen LogP contribution in [0.25, 0.3) is 10.6 Å². The molecule has 0 aliphatic rings. The van der Waals surface area contributed by atoms with E-state index in [0.717, 1.165) is 17.0 Å². The van der Waals surface area contributed by atoms with Gasteiger partial charge in [0, 0.05) is 12.6 Å². The van der Waals surface area contributed by atoms with Crippen molar-refractivity contribution in [1.29, 1.82) is 0 Å². The van der Waals surface area contributed by atoms with Crippen molar-refractivity contribution in [3.63, 3.8) is 0 Å². The zero-order chi connectivity index (χ0) is 14.5. The lowest BCUT2D eigenvalue weighted by Gasteiger charge is -2.17. The Bertz CT molecular complexity index is 553. The maximum absolute atomic E-state index is 12.1. The SMILES string of the molecule is CC(C)CC(CN)NC(=O)c1cc(-c2cccs2)[nH]n1.Cl. The fraction of sp³-hybridized carbons (Fsp3) is 0.429. The predicted molar refractivity (Wildman–Crippen MR) is 88.9 cm³/mol. The first-order valence-corrected chi connectivity index (χ1v) is 7.58. The molecule has 1 unspecified atom stereocenters. The molecule has 0 fully saturated rings. The molecule has 116 valence electrons. The largest absolute Gasteiger partial charge is 0.347 e. The highest BCUT2D eigenvalue weighted by atomic mass is 35.5. The average molecular weight is 329 g/mol. The number of carbonyl (C=O) groups is 1. The highest BCUT2D eigenvalue weighted by molar-refractivity contribution is 7.13. The summed E-state index contributed by atoms with van der Waals surface area (Å²) in [6, 6.07) is 5.71. The highest BCUT2D eigenvalue weighted by Gasteiger charge is 2.16. The topological polar surface area (TPSA) is 83.8 Å². The first-order valence-electron chi connectivity index (χ1n) is 6.70. The van der Waals surface area contributed by atoms with Gasteiger partial charge in [0.15, 0.2) is 5.69 Å². The number of rotatable bonds is 6. The smallest absolute Gasteiger partial charge is 0.272 e. The van der Waals surface area contributed by atoms with E-state index in [1.165, 1.54) is 0 Å². The van der Waals surface area contributed by atoms with E-state index in [0.29, 0.717) is 18.2 Å². The second kappa shape index (κ2) is 8.17. The van der Waals surface area contributed by atoms with Crippen molar-refractivity contribution in [3.8, 4) is 10.6 Å². The van der Waals surface area contributed by atoms with Crippen molar-refractivity contribution in [2.45, 2.75) is 26.3 Å². The highest BCUT2D eigenvalue weighted by Crippen LogP contribution is 2.22. The van der Waals surface area contributed by atoms with Gasteiger partial charge in [-0.2, -0.15) is 5.10 Å². The van der Waals surface area contributed by atoms with Crippen LogP contribution in [0.2, 0.25) is 0 Å². The van der Waals surface area contributed by atoms with Crippen LogP contribution in [0.15, 0.2) is 23.6 Å². The molecular weight excluding hydrogens is 308 g/mol. The summed E-state index contributed by atoms with van der Waals surface area (Å²) in [7, 11) is 0. The number of halogens is 1. The van der Waals surface area contributed by atoms with E-state index < -0.39 is 0 Å². The van der Waals surface area contributed by atoms with Crippen LogP contribution >= 0.6 is 23.7 Å². The molecule has 0 aliphatic carbocycles. The summed E-state index contributed by atoms with van der Waals surface area (Å²) in [4.78, 5) is 13.2. The van der Waals surface area contributed by atoms with E-state index >= 15 is 0 Å². The third kappa shape index (κ3) is 4.84. The Kier molecular flexibility index (Phi) is 6.87. The molecule has 2 heterocycles. The van der Waals surface area contributed by atoms with Crippen LogP contribution in [-0.4, -0.2) is 28.7 Å². The maximum atomic E-state index is 12.1. The van der Waals surface area contributed by atoms with Gasteiger partial charge in [0.2, 0.25) is 0 Å². The van der Waals surface area contributed by atoms with Gasteiger partial charge in [0.25, 0.3) is 5.91 Å². The minimum Gasteiger partial charge on any atom is -0.347 e. The van der Waals surface area contributed by atoms with Gasteiger partial charge < -0.3 is 11.1 Å². The van der Waals surface area contributed by atoms with Crippen molar-refractivity contribution < 1.29 is 4.79 Å². The number of H-pyrrole nitrogens is 1. The molecule has 0 radical (unpaired) electrons. The third-order valence-electron chi connectivity index (χ3n) is 2.97. The molecule has 0 bridgehead atoms. The van der Waals surface area contributed by atoms with Gasteiger partial charge in [0.1, 0.15) is 0 Å². The van der Waals surface area contributed by atoms with Crippen LogP contribution in [0.4, 0.5) is 0 Å². The number of nitrogens with zero attached hydrogens (tertiary/aromatic N) is 1. The molecular formula is C14H21ClN4OS. The Morgan fingerprint density at radius 1 is 1.52 bits per heavy atom. The fourth-order valence-electron chi connectivity index (χ4n) is 2.04. The Labute approximate surface area is 134 Å². The quantitative estimate of drug-likeness (QED) is 0.762. The second-order valence-corrected chi connectivity index (χ2v) is 6.13. The molecule has 0 saturated heterocycles. The zero-order valence-corrected chi connectivity index (χ0v) is 13.8. The number of aromatic nitrogens is 2. The van der Waals surface area contributed by atoms with Gasteiger partial charge in [-0.15, -0.1) is 23.7 Å². The molecule has 2 aromatic rings. The van der Waals surface area contributed by atoms with E-state index in [-0.39, 0.29) is 24.4 Å². The van der Waals surface area contributed by atoms with Crippen molar-refractivity contribution in [2.75, 3.05) is 6.54 Å². The zero-order valence-electron chi connectivity index (χ0n) is 12.1. The molecule has 21 heavy (non-hydrogen) atoms. The summed E-state index contributed by atoms with van der Waals surface area (Å²) in [5, 5.41) is 11.9. The monoisotopic (exact) mass is 328 g/mol. The molecule has 0 aliphatic heterocycles. The molecule has 1 amide bonds. The molecule has 0 aromatic carbocycles. The lowest BCUT2D eigenvalue weighted by atomic mass is 10.0. The molecule has 2 aromatic heterocycles. The number of nitrogens with one attached hydrogen (secondary N) is 2. The number of hydrogen-bond donors (Lipinski definition) is 3. The molecule has 7 heteroatoms. The second-order valence-electron chi connectivity index (χ2n) is 5.18. The van der Waals surface area contributed by atoms with Crippen LogP contribution in [0.3, 0.4) is 0 Å². The summed E-state index contributed by atoms with van der Waals surface area (Å²) in [5.41, 5.74) is 6.95. The lowest BCUT2D eigenvalue weighted by Crippen LogP contribution is -2.41. The van der Waals surface area contributed by atoms with Gasteiger partial charge in [0.05, 0.1) is 10.6 Å². The minimum atomic E-state index is -0.180. The third-order valence-corrected chi connectivity index (χ3v) is 3.88. The van der Waals surface area contributed by atoms with Crippen molar-refractivity contribution in [2.24, 2.45) is 11.7 Å². The van der Waals surface area contributed by atoms with E-state index in [9.17, 15) is 4.79 Å². The van der Waals surface area contributed by atoms with Gasteiger partial charge >= 0.3 is 0 Å². The van der Waals surface area contributed by atoms with E-state index in [1.54, 1.807) is 17.4 Å². The number of thiophene rings is 1. The van der Waals surface area contributed by atoms with Gasteiger partial charge in [-0.05, 0) is 29.9 Å². The Hall–Kier alpha value is -1.37. The molecule has 0 spiro atoms. The van der Waals surface area contributed by atoms with Crippen molar-refractivity contribution in [1.82, 2.24) is 15.5 Å². The molecule has 1 atom stereocenters. The Morgan fingerprint density at radius 2 is 2.29 bits per heavy atom. The summed E-state index contributed by atoms with van der Waals surface area (Å²) >= 11 is 1.60. The van der Waals surface area contributed by atoms with E-state index in [1.807, 2.05) is 17.5 Å². The van der Waals surface area contributed by atoms with Crippen LogP contribution < -0.4 is 11.1 Å². The Morgan fingerprint density at radius 3 is 2.86 bits per heavy atom. The van der Waals surface area contributed by atoms with Gasteiger partial charge in [-0.3, -0.25) is 9.89 Å². The number of aromatic amines is 1. The molecule has 2 rings (SSSR count). The lowest BCUT2D eigenvalue weighted by molar-refractivity contribution is 0.0928. The first kappa shape index (κ1) is 17.7. The number of nitrogens with two attached hydrogens (primary N) is 1. The molecule has 5 nitrogen and oxygen atoms in total. The standard InChI is InChI=1S/C14H20N4OS.ClH/c1-9(2)6-10(8-15)16-14(19)12-7-11(17-18-12)13-4-3-5-20-13;/h3-5,7,9-10H,6,8,15H2,1-2H3,(H,16,19)(H,17,18);1H. The average Bonchev–Trinajstić information content (AvgIpc) is 3.07.